The minimum atomic E-state index is 0.155. The Kier molecular flexibility index (Phi) is 7.11. The molecule has 0 heterocycles. The zero-order chi connectivity index (χ0) is 20.2. The first kappa shape index (κ1) is 21.1. The van der Waals surface area contributed by atoms with Crippen molar-refractivity contribution in [3.63, 3.8) is 0 Å². The molecular formula is C27H39FO. The lowest BCUT2D eigenvalue weighted by Crippen LogP contribution is -2.34. The van der Waals surface area contributed by atoms with Gasteiger partial charge in [0.1, 0.15) is 5.82 Å². The third kappa shape index (κ3) is 4.79. The van der Waals surface area contributed by atoms with Gasteiger partial charge >= 0.3 is 0 Å². The summed E-state index contributed by atoms with van der Waals surface area (Å²) in [5.41, 5.74) is 3.38. The van der Waals surface area contributed by atoms with E-state index in [0.717, 1.165) is 54.6 Å². The lowest BCUT2D eigenvalue weighted by molar-refractivity contribution is -0.00325. The van der Waals surface area contributed by atoms with Crippen molar-refractivity contribution in [2.24, 2.45) is 17.8 Å². The van der Waals surface area contributed by atoms with Gasteiger partial charge in [0.2, 0.25) is 0 Å². The second kappa shape index (κ2) is 9.77. The first-order valence-electron chi connectivity index (χ1n) is 12.2. The number of rotatable bonds is 7. The van der Waals surface area contributed by atoms with Gasteiger partial charge in [-0.1, -0.05) is 44.4 Å². The molecule has 1 nitrogen and oxygen atoms in total. The van der Waals surface area contributed by atoms with Crippen molar-refractivity contribution < 1.29 is 9.13 Å². The van der Waals surface area contributed by atoms with E-state index in [2.05, 4.69) is 25.6 Å². The number of unbranched alkanes of at least 4 members (excludes halogenated alkanes) is 1. The first-order valence-corrected chi connectivity index (χ1v) is 12.2. The Morgan fingerprint density at radius 3 is 2.76 bits per heavy atom. The maximum atomic E-state index is 15.5. The average Bonchev–Trinajstić information content (AvgIpc) is 2.76. The van der Waals surface area contributed by atoms with Gasteiger partial charge in [-0.2, -0.15) is 0 Å². The minimum Gasteiger partial charge on any atom is -0.374 e. The normalized spacial score (nSPS) is 31.7. The van der Waals surface area contributed by atoms with Crippen LogP contribution in [-0.2, 0) is 17.6 Å². The summed E-state index contributed by atoms with van der Waals surface area (Å²) in [4.78, 5) is 0. The fraction of sp³-hybridized carbons (Fsp3) is 0.704. The summed E-state index contributed by atoms with van der Waals surface area (Å²) >= 11 is 0. The summed E-state index contributed by atoms with van der Waals surface area (Å²) in [6.45, 7) is 6.70. The maximum Gasteiger partial charge on any atom is 0.130 e. The molecule has 0 amide bonds. The maximum absolute atomic E-state index is 15.5. The molecule has 1 aromatic rings. The van der Waals surface area contributed by atoms with Crippen molar-refractivity contribution in [3.05, 3.63) is 47.3 Å². The zero-order valence-corrected chi connectivity index (χ0v) is 18.3. The van der Waals surface area contributed by atoms with E-state index in [1.54, 1.807) is 0 Å². The minimum absolute atomic E-state index is 0.155. The molecule has 0 aliphatic heterocycles. The molecule has 2 saturated carbocycles. The van der Waals surface area contributed by atoms with E-state index < -0.39 is 0 Å². The van der Waals surface area contributed by atoms with Crippen molar-refractivity contribution in [1.29, 1.82) is 0 Å². The Morgan fingerprint density at radius 2 is 1.93 bits per heavy atom. The average molecular weight is 399 g/mol. The van der Waals surface area contributed by atoms with E-state index in [1.807, 2.05) is 6.08 Å². The highest BCUT2D eigenvalue weighted by Crippen LogP contribution is 2.47. The summed E-state index contributed by atoms with van der Waals surface area (Å²) in [5, 5.41) is 0. The highest BCUT2D eigenvalue weighted by Gasteiger charge is 2.37. The molecule has 5 unspecified atom stereocenters. The summed E-state index contributed by atoms with van der Waals surface area (Å²) in [5.74, 6) is 2.87. The molecule has 2 heteroatoms. The van der Waals surface area contributed by atoms with Crippen LogP contribution in [0.25, 0.3) is 0 Å². The van der Waals surface area contributed by atoms with Crippen molar-refractivity contribution in [2.45, 2.75) is 96.0 Å². The highest BCUT2D eigenvalue weighted by molar-refractivity contribution is 5.38. The first-order chi connectivity index (χ1) is 14.2. The lowest BCUT2D eigenvalue weighted by Gasteiger charge is -2.42. The van der Waals surface area contributed by atoms with Crippen molar-refractivity contribution >= 4 is 0 Å². The van der Waals surface area contributed by atoms with Gasteiger partial charge < -0.3 is 4.74 Å². The number of benzene rings is 1. The monoisotopic (exact) mass is 398 g/mol. The van der Waals surface area contributed by atoms with Crippen LogP contribution in [0.3, 0.4) is 0 Å². The van der Waals surface area contributed by atoms with Crippen LogP contribution < -0.4 is 0 Å². The second-order valence-electron chi connectivity index (χ2n) is 9.94. The Bertz CT molecular complexity index is 696. The van der Waals surface area contributed by atoms with E-state index in [4.69, 9.17) is 4.74 Å². The Balaban J connectivity index is 1.40. The van der Waals surface area contributed by atoms with E-state index in [-0.39, 0.29) is 5.82 Å². The van der Waals surface area contributed by atoms with E-state index >= 15 is 4.39 Å². The molecular weight excluding hydrogens is 359 g/mol. The molecule has 0 N–H and O–H groups in total. The molecule has 0 aromatic heterocycles. The van der Waals surface area contributed by atoms with Crippen LogP contribution in [-0.4, -0.2) is 12.7 Å². The number of hydrogen-bond donors (Lipinski definition) is 0. The van der Waals surface area contributed by atoms with Gasteiger partial charge in [0.25, 0.3) is 0 Å². The summed E-state index contributed by atoms with van der Waals surface area (Å²) < 4.78 is 21.4. The molecule has 0 saturated heterocycles. The van der Waals surface area contributed by atoms with Gasteiger partial charge in [-0.3, -0.25) is 0 Å². The fourth-order valence-corrected chi connectivity index (χ4v) is 6.44. The quantitative estimate of drug-likeness (QED) is 0.435. The second-order valence-corrected chi connectivity index (χ2v) is 9.94. The van der Waals surface area contributed by atoms with Crippen LogP contribution >= 0.6 is 0 Å². The molecule has 4 rings (SSSR count). The van der Waals surface area contributed by atoms with Crippen LogP contribution in [0.4, 0.5) is 4.39 Å². The molecule has 5 atom stereocenters. The van der Waals surface area contributed by atoms with Crippen molar-refractivity contribution in [3.8, 4) is 0 Å². The predicted molar refractivity (Wildman–Crippen MR) is 119 cm³/mol. The highest BCUT2D eigenvalue weighted by atomic mass is 19.1. The van der Waals surface area contributed by atoms with Gasteiger partial charge in [-0.15, -0.1) is 6.58 Å². The largest absolute Gasteiger partial charge is 0.374 e. The number of ether oxygens (including phenoxy) is 1. The third-order valence-electron chi connectivity index (χ3n) is 8.10. The Hall–Kier alpha value is -1.15. The molecule has 1 aromatic carbocycles. The van der Waals surface area contributed by atoms with E-state index in [1.165, 1.54) is 56.9 Å². The van der Waals surface area contributed by atoms with Crippen LogP contribution in [0, 0.1) is 23.6 Å². The molecule has 29 heavy (non-hydrogen) atoms. The van der Waals surface area contributed by atoms with E-state index in [0.29, 0.717) is 18.6 Å². The summed E-state index contributed by atoms with van der Waals surface area (Å²) in [7, 11) is 0. The topological polar surface area (TPSA) is 9.23 Å². The molecule has 3 aliphatic carbocycles. The third-order valence-corrected chi connectivity index (χ3v) is 8.10. The molecule has 0 spiro atoms. The smallest absolute Gasteiger partial charge is 0.130 e. The van der Waals surface area contributed by atoms with Crippen molar-refractivity contribution in [2.75, 3.05) is 6.61 Å². The predicted octanol–water partition coefficient (Wildman–Crippen LogP) is 7.38. The SMILES string of the molecule is C=CCOC1CCC2CC(c3ccc4c(c3F)CCC(CCCC)C4)CCC2C1. The van der Waals surface area contributed by atoms with Crippen LogP contribution in [0.5, 0.6) is 0 Å². The molecule has 160 valence electrons. The summed E-state index contributed by atoms with van der Waals surface area (Å²) in [6, 6.07) is 4.43. The molecule has 0 radical (unpaired) electrons. The van der Waals surface area contributed by atoms with Gasteiger partial charge in [0.15, 0.2) is 0 Å². The van der Waals surface area contributed by atoms with Crippen LogP contribution in [0.15, 0.2) is 24.8 Å². The van der Waals surface area contributed by atoms with Gasteiger partial charge in [0, 0.05) is 0 Å². The molecule has 0 bridgehead atoms. The summed E-state index contributed by atoms with van der Waals surface area (Å²) in [6.07, 6.45) is 16.5. The Labute approximate surface area is 177 Å². The number of halogens is 1. The van der Waals surface area contributed by atoms with Crippen molar-refractivity contribution in [1.82, 2.24) is 0 Å². The number of hydrogen-bond acceptors (Lipinski definition) is 1. The van der Waals surface area contributed by atoms with Crippen LogP contribution in [0.2, 0.25) is 0 Å². The molecule has 3 aliphatic rings. The number of fused-ring (bicyclic) bond motifs is 2. The molecule has 2 fully saturated rings. The zero-order valence-electron chi connectivity index (χ0n) is 18.3. The van der Waals surface area contributed by atoms with Gasteiger partial charge in [-0.05, 0) is 98.1 Å². The Morgan fingerprint density at radius 1 is 1.10 bits per heavy atom. The standard InChI is InChI=1S/C27H39FO/c1-3-5-6-19-7-13-25-22(16-19)11-14-26(27(25)28)23-9-8-21-18-24(29-15-4-2)12-10-20(21)17-23/h4,11,14,19-21,23-24H,2-3,5-10,12-13,15-18H2,1H3. The van der Waals surface area contributed by atoms with E-state index in [9.17, 15) is 0 Å². The fourth-order valence-electron chi connectivity index (χ4n) is 6.44. The lowest BCUT2D eigenvalue weighted by atomic mass is 9.65. The van der Waals surface area contributed by atoms with Crippen LogP contribution in [0.1, 0.15) is 93.7 Å². The van der Waals surface area contributed by atoms with Gasteiger partial charge in [0.05, 0.1) is 12.7 Å². The van der Waals surface area contributed by atoms with Gasteiger partial charge in [-0.25, -0.2) is 4.39 Å².